The van der Waals surface area contributed by atoms with E-state index in [4.69, 9.17) is 10.6 Å². The highest BCUT2D eigenvalue weighted by atomic mass is 19.1. The second kappa shape index (κ2) is 5.12. The Kier molecular flexibility index (Phi) is 3.76. The summed E-state index contributed by atoms with van der Waals surface area (Å²) in [7, 11) is 1.70. The zero-order valence-electron chi connectivity index (χ0n) is 10.1. The van der Waals surface area contributed by atoms with Gasteiger partial charge in [-0.25, -0.2) is 4.39 Å². The topological polar surface area (TPSA) is 47.3 Å². The maximum atomic E-state index is 13.3. The molecule has 1 unspecified atom stereocenters. The van der Waals surface area contributed by atoms with Crippen LogP contribution >= 0.6 is 0 Å². The second-order valence-electron chi connectivity index (χ2n) is 4.63. The Morgan fingerprint density at radius 3 is 2.65 bits per heavy atom. The summed E-state index contributed by atoms with van der Waals surface area (Å²) in [5.74, 6) is 5.40. The molecule has 94 valence electrons. The quantitative estimate of drug-likeness (QED) is 0.625. The van der Waals surface area contributed by atoms with Gasteiger partial charge >= 0.3 is 0 Å². The van der Waals surface area contributed by atoms with Crippen LogP contribution in [0.15, 0.2) is 24.3 Å². The summed E-state index contributed by atoms with van der Waals surface area (Å²) in [6.07, 6.45) is 4.16. The van der Waals surface area contributed by atoms with Gasteiger partial charge in [-0.05, 0) is 30.5 Å². The Balaban J connectivity index is 2.32. The molecule has 1 aliphatic carbocycles. The number of hydrazine groups is 1. The van der Waals surface area contributed by atoms with E-state index in [0.717, 1.165) is 31.2 Å². The van der Waals surface area contributed by atoms with Crippen molar-refractivity contribution in [2.75, 3.05) is 7.11 Å². The maximum Gasteiger partial charge on any atom is 0.123 e. The summed E-state index contributed by atoms with van der Waals surface area (Å²) in [6.45, 7) is 0. The molecule has 17 heavy (non-hydrogen) atoms. The van der Waals surface area contributed by atoms with E-state index >= 15 is 0 Å². The van der Waals surface area contributed by atoms with Crippen molar-refractivity contribution in [1.82, 2.24) is 5.43 Å². The van der Waals surface area contributed by atoms with Gasteiger partial charge in [-0.15, -0.1) is 0 Å². The number of methoxy groups -OCH3 is 1. The highest BCUT2D eigenvalue weighted by Crippen LogP contribution is 2.42. The van der Waals surface area contributed by atoms with Crippen LogP contribution in [0.4, 0.5) is 4.39 Å². The average molecular weight is 238 g/mol. The van der Waals surface area contributed by atoms with Crippen LogP contribution in [0.2, 0.25) is 0 Å². The zero-order chi connectivity index (χ0) is 12.3. The molecule has 1 fully saturated rings. The summed E-state index contributed by atoms with van der Waals surface area (Å²) >= 11 is 0. The smallest absolute Gasteiger partial charge is 0.123 e. The molecule has 1 aliphatic rings. The molecule has 0 spiro atoms. The minimum absolute atomic E-state index is 0.161. The molecule has 3 N–H and O–H groups in total. The van der Waals surface area contributed by atoms with Crippen LogP contribution in [0.1, 0.15) is 37.3 Å². The Labute approximate surface area is 101 Å². The standard InChI is InChI=1S/C13H19FN2O/c1-17-13(7-2-3-8-13)12(16-15)10-5-4-6-11(14)9-10/h4-6,9,12,16H,2-3,7-8,15H2,1H3. The summed E-state index contributed by atoms with van der Waals surface area (Å²) in [4.78, 5) is 0. The molecular formula is C13H19FN2O. The fourth-order valence-corrected chi connectivity index (χ4v) is 2.82. The summed E-state index contributed by atoms with van der Waals surface area (Å²) in [5.41, 5.74) is 3.33. The van der Waals surface area contributed by atoms with E-state index in [1.807, 2.05) is 6.07 Å². The van der Waals surface area contributed by atoms with Crippen molar-refractivity contribution >= 4 is 0 Å². The normalized spacial score (nSPS) is 20.4. The van der Waals surface area contributed by atoms with Crippen molar-refractivity contribution < 1.29 is 9.13 Å². The fourth-order valence-electron chi connectivity index (χ4n) is 2.82. The fraction of sp³-hybridized carbons (Fsp3) is 0.538. The predicted molar refractivity (Wildman–Crippen MR) is 64.7 cm³/mol. The highest BCUT2D eigenvalue weighted by Gasteiger charge is 2.42. The third-order valence-corrected chi connectivity index (χ3v) is 3.73. The molecule has 4 heteroatoms. The summed E-state index contributed by atoms with van der Waals surface area (Å²) in [5, 5.41) is 0. The Morgan fingerprint density at radius 2 is 2.12 bits per heavy atom. The van der Waals surface area contributed by atoms with E-state index in [9.17, 15) is 4.39 Å². The second-order valence-corrected chi connectivity index (χ2v) is 4.63. The van der Waals surface area contributed by atoms with E-state index in [1.54, 1.807) is 13.2 Å². The molecule has 3 nitrogen and oxygen atoms in total. The maximum absolute atomic E-state index is 13.3. The SMILES string of the molecule is COC1(C(NN)c2cccc(F)c2)CCCC1. The van der Waals surface area contributed by atoms with E-state index in [2.05, 4.69) is 5.43 Å². The van der Waals surface area contributed by atoms with Gasteiger partial charge in [-0.2, -0.15) is 0 Å². The first-order valence-corrected chi connectivity index (χ1v) is 5.98. The van der Waals surface area contributed by atoms with Gasteiger partial charge in [-0.3, -0.25) is 11.3 Å². The molecule has 0 heterocycles. The third-order valence-electron chi connectivity index (χ3n) is 3.73. The number of hydrogen-bond donors (Lipinski definition) is 2. The molecule has 0 aliphatic heterocycles. The van der Waals surface area contributed by atoms with Crippen molar-refractivity contribution in [2.45, 2.75) is 37.3 Å². The molecule has 0 bridgehead atoms. The predicted octanol–water partition coefficient (Wildman–Crippen LogP) is 2.29. The Hall–Kier alpha value is -0.970. The number of benzene rings is 1. The number of nitrogens with two attached hydrogens (primary N) is 1. The molecule has 1 saturated carbocycles. The molecule has 2 rings (SSSR count). The first-order valence-electron chi connectivity index (χ1n) is 5.98. The molecule has 0 saturated heterocycles. The Bertz CT molecular complexity index is 377. The molecule has 0 aromatic heterocycles. The van der Waals surface area contributed by atoms with Gasteiger partial charge in [0, 0.05) is 7.11 Å². The number of hydrogen-bond acceptors (Lipinski definition) is 3. The van der Waals surface area contributed by atoms with Gasteiger partial charge in [0.2, 0.25) is 0 Å². The lowest BCUT2D eigenvalue weighted by atomic mass is 9.87. The van der Waals surface area contributed by atoms with Crippen molar-refractivity contribution in [3.63, 3.8) is 0 Å². The van der Waals surface area contributed by atoms with Gasteiger partial charge in [0.1, 0.15) is 5.82 Å². The number of ether oxygens (including phenoxy) is 1. The van der Waals surface area contributed by atoms with Crippen LogP contribution in [0, 0.1) is 5.82 Å². The zero-order valence-corrected chi connectivity index (χ0v) is 10.1. The van der Waals surface area contributed by atoms with Gasteiger partial charge in [0.25, 0.3) is 0 Å². The van der Waals surface area contributed by atoms with E-state index in [1.165, 1.54) is 12.1 Å². The largest absolute Gasteiger partial charge is 0.376 e. The van der Waals surface area contributed by atoms with Gasteiger partial charge < -0.3 is 4.74 Å². The lowest BCUT2D eigenvalue weighted by molar-refractivity contribution is -0.0369. The Morgan fingerprint density at radius 1 is 1.41 bits per heavy atom. The van der Waals surface area contributed by atoms with Crippen molar-refractivity contribution in [2.24, 2.45) is 5.84 Å². The molecule has 1 aromatic rings. The van der Waals surface area contributed by atoms with Gasteiger partial charge in [-0.1, -0.05) is 25.0 Å². The van der Waals surface area contributed by atoms with Crippen LogP contribution in [-0.2, 0) is 4.74 Å². The lowest BCUT2D eigenvalue weighted by Gasteiger charge is -2.36. The van der Waals surface area contributed by atoms with Crippen LogP contribution in [0.25, 0.3) is 0 Å². The minimum Gasteiger partial charge on any atom is -0.376 e. The lowest BCUT2D eigenvalue weighted by Crippen LogP contribution is -2.46. The van der Waals surface area contributed by atoms with Crippen LogP contribution in [0.5, 0.6) is 0 Å². The van der Waals surface area contributed by atoms with E-state index in [0.29, 0.717) is 0 Å². The first kappa shape index (κ1) is 12.5. The summed E-state index contributed by atoms with van der Waals surface area (Å²) in [6, 6.07) is 6.38. The van der Waals surface area contributed by atoms with Gasteiger partial charge in [0.15, 0.2) is 0 Å². The number of nitrogens with one attached hydrogen (secondary N) is 1. The minimum atomic E-state index is -0.303. The van der Waals surface area contributed by atoms with Crippen LogP contribution in [0.3, 0.4) is 0 Å². The van der Waals surface area contributed by atoms with Crippen molar-refractivity contribution in [1.29, 1.82) is 0 Å². The number of rotatable bonds is 4. The average Bonchev–Trinajstić information content (AvgIpc) is 2.80. The van der Waals surface area contributed by atoms with Crippen molar-refractivity contribution in [3.05, 3.63) is 35.6 Å². The molecule has 0 amide bonds. The third kappa shape index (κ3) is 2.34. The van der Waals surface area contributed by atoms with E-state index < -0.39 is 0 Å². The monoisotopic (exact) mass is 238 g/mol. The van der Waals surface area contributed by atoms with Crippen molar-refractivity contribution in [3.8, 4) is 0 Å². The van der Waals surface area contributed by atoms with Crippen LogP contribution in [-0.4, -0.2) is 12.7 Å². The number of halogens is 1. The molecule has 0 radical (unpaired) electrons. The molecule has 1 atom stereocenters. The van der Waals surface area contributed by atoms with Gasteiger partial charge in [0.05, 0.1) is 11.6 Å². The van der Waals surface area contributed by atoms with E-state index in [-0.39, 0.29) is 17.5 Å². The molecule has 1 aromatic carbocycles. The molecular weight excluding hydrogens is 219 g/mol. The summed E-state index contributed by atoms with van der Waals surface area (Å²) < 4.78 is 19.0. The van der Waals surface area contributed by atoms with Crippen LogP contribution < -0.4 is 11.3 Å². The highest BCUT2D eigenvalue weighted by molar-refractivity contribution is 5.24. The first-order chi connectivity index (χ1) is 8.22.